The van der Waals surface area contributed by atoms with Gasteiger partial charge in [0.1, 0.15) is 6.10 Å². The third-order valence-corrected chi connectivity index (χ3v) is 4.49. The van der Waals surface area contributed by atoms with Gasteiger partial charge in [-0.2, -0.15) is 0 Å². The van der Waals surface area contributed by atoms with Crippen molar-refractivity contribution >= 4 is 18.0 Å². The summed E-state index contributed by atoms with van der Waals surface area (Å²) in [5, 5.41) is 0. The van der Waals surface area contributed by atoms with Crippen molar-refractivity contribution in [3.63, 3.8) is 0 Å². The number of hydrogen-bond acceptors (Lipinski definition) is 3. The molecule has 0 N–H and O–H groups in total. The van der Waals surface area contributed by atoms with Gasteiger partial charge in [-0.15, -0.1) is 0 Å². The standard InChI is InChI=1S/C22H28N2O2/c1-7-24(6)14-23-21-13-16(3)20(12-17(21)4)22(25)26-18(5)19-10-8-15(2)9-11-19/h8-14,18H,7H2,1-6H3/t18-/m1/s1. The van der Waals surface area contributed by atoms with Crippen molar-refractivity contribution in [2.45, 2.75) is 40.7 Å². The molecule has 0 aliphatic carbocycles. The number of rotatable bonds is 6. The van der Waals surface area contributed by atoms with E-state index < -0.39 is 0 Å². The Bertz CT molecular complexity index is 795. The minimum absolute atomic E-state index is 0.293. The number of carbonyl (C=O) groups is 1. The molecule has 0 aromatic heterocycles. The highest BCUT2D eigenvalue weighted by atomic mass is 16.5. The maximum Gasteiger partial charge on any atom is 0.339 e. The monoisotopic (exact) mass is 352 g/mol. The second-order valence-electron chi connectivity index (χ2n) is 6.73. The van der Waals surface area contributed by atoms with Crippen LogP contribution in [0.15, 0.2) is 41.4 Å². The van der Waals surface area contributed by atoms with Gasteiger partial charge in [-0.3, -0.25) is 0 Å². The molecule has 0 bridgehead atoms. The lowest BCUT2D eigenvalue weighted by atomic mass is 10.0. The fraction of sp³-hybridized carbons (Fsp3) is 0.364. The molecular formula is C22H28N2O2. The summed E-state index contributed by atoms with van der Waals surface area (Å²) < 4.78 is 5.67. The highest BCUT2D eigenvalue weighted by Crippen LogP contribution is 2.26. The van der Waals surface area contributed by atoms with Crippen LogP contribution in [0.5, 0.6) is 0 Å². The second kappa shape index (κ2) is 8.65. The van der Waals surface area contributed by atoms with Gasteiger partial charge >= 0.3 is 5.97 Å². The third-order valence-electron chi connectivity index (χ3n) is 4.49. The van der Waals surface area contributed by atoms with Gasteiger partial charge in [0, 0.05) is 13.6 Å². The number of hydrogen-bond donors (Lipinski definition) is 0. The fourth-order valence-electron chi connectivity index (χ4n) is 2.53. The van der Waals surface area contributed by atoms with E-state index in [1.165, 1.54) is 5.56 Å². The number of aryl methyl sites for hydroxylation is 3. The zero-order chi connectivity index (χ0) is 19.3. The van der Waals surface area contributed by atoms with E-state index in [1.54, 1.807) is 6.34 Å². The summed E-state index contributed by atoms with van der Waals surface area (Å²) in [6, 6.07) is 11.8. The molecule has 4 heteroatoms. The van der Waals surface area contributed by atoms with Gasteiger partial charge in [0.15, 0.2) is 0 Å². The molecule has 0 saturated carbocycles. The Morgan fingerprint density at radius 1 is 1.15 bits per heavy atom. The van der Waals surface area contributed by atoms with Crippen molar-refractivity contribution in [1.29, 1.82) is 0 Å². The van der Waals surface area contributed by atoms with Crippen LogP contribution in [0.25, 0.3) is 0 Å². The quantitative estimate of drug-likeness (QED) is 0.410. The molecule has 0 spiro atoms. The molecule has 138 valence electrons. The molecule has 4 nitrogen and oxygen atoms in total. The summed E-state index contributed by atoms with van der Waals surface area (Å²) in [6.45, 7) is 10.8. The summed E-state index contributed by atoms with van der Waals surface area (Å²) in [5.74, 6) is -0.306. The Hall–Kier alpha value is -2.62. The predicted molar refractivity (Wildman–Crippen MR) is 107 cm³/mol. The van der Waals surface area contributed by atoms with Gasteiger partial charge in [-0.25, -0.2) is 9.79 Å². The van der Waals surface area contributed by atoms with Crippen molar-refractivity contribution in [2.75, 3.05) is 13.6 Å². The van der Waals surface area contributed by atoms with E-state index in [4.69, 9.17) is 4.74 Å². The summed E-state index contributed by atoms with van der Waals surface area (Å²) >= 11 is 0. The van der Waals surface area contributed by atoms with E-state index in [0.29, 0.717) is 5.56 Å². The van der Waals surface area contributed by atoms with Crippen molar-refractivity contribution in [3.05, 3.63) is 64.2 Å². The maximum absolute atomic E-state index is 12.6. The molecule has 2 aromatic carbocycles. The first-order valence-electron chi connectivity index (χ1n) is 8.95. The Labute approximate surface area is 156 Å². The SMILES string of the molecule is CCN(C)C=Nc1cc(C)c(C(=O)O[C@H](C)c2ccc(C)cc2)cc1C. The minimum atomic E-state index is -0.306. The van der Waals surface area contributed by atoms with Crippen LogP contribution in [0.4, 0.5) is 5.69 Å². The molecule has 2 aromatic rings. The highest BCUT2D eigenvalue weighted by molar-refractivity contribution is 5.92. The number of benzene rings is 2. The van der Waals surface area contributed by atoms with Crippen molar-refractivity contribution in [3.8, 4) is 0 Å². The molecule has 1 atom stereocenters. The van der Waals surface area contributed by atoms with E-state index >= 15 is 0 Å². The van der Waals surface area contributed by atoms with Crippen LogP contribution in [-0.2, 0) is 4.74 Å². The van der Waals surface area contributed by atoms with Crippen LogP contribution in [0.3, 0.4) is 0 Å². The summed E-state index contributed by atoms with van der Waals surface area (Å²) in [4.78, 5) is 19.1. The lowest BCUT2D eigenvalue weighted by Crippen LogP contribution is -2.14. The van der Waals surface area contributed by atoms with Crippen LogP contribution in [0.1, 0.15) is 52.6 Å². The average molecular weight is 352 g/mol. The van der Waals surface area contributed by atoms with Crippen LogP contribution in [0.2, 0.25) is 0 Å². The van der Waals surface area contributed by atoms with E-state index in [1.807, 2.05) is 76.0 Å². The Balaban J connectivity index is 2.17. The molecule has 0 aliphatic heterocycles. The Morgan fingerprint density at radius 2 is 1.81 bits per heavy atom. The fourth-order valence-corrected chi connectivity index (χ4v) is 2.53. The largest absolute Gasteiger partial charge is 0.454 e. The van der Waals surface area contributed by atoms with Crippen LogP contribution >= 0.6 is 0 Å². The number of aliphatic imine (C=N–C) groups is 1. The van der Waals surface area contributed by atoms with Crippen LogP contribution in [-0.4, -0.2) is 30.8 Å². The van der Waals surface area contributed by atoms with Crippen LogP contribution in [0, 0.1) is 20.8 Å². The minimum Gasteiger partial charge on any atom is -0.454 e. The maximum atomic E-state index is 12.6. The van der Waals surface area contributed by atoms with Gasteiger partial charge in [0.2, 0.25) is 0 Å². The molecule has 0 amide bonds. The van der Waals surface area contributed by atoms with Gasteiger partial charge in [0.25, 0.3) is 0 Å². The van der Waals surface area contributed by atoms with Gasteiger partial charge in [-0.05, 0) is 63.4 Å². The lowest BCUT2D eigenvalue weighted by Gasteiger charge is -2.16. The van der Waals surface area contributed by atoms with E-state index in [0.717, 1.165) is 28.9 Å². The Kier molecular flexibility index (Phi) is 6.56. The number of esters is 1. The van der Waals surface area contributed by atoms with Gasteiger partial charge in [0.05, 0.1) is 17.6 Å². The van der Waals surface area contributed by atoms with Crippen LogP contribution < -0.4 is 0 Å². The zero-order valence-electron chi connectivity index (χ0n) is 16.5. The highest BCUT2D eigenvalue weighted by Gasteiger charge is 2.17. The van der Waals surface area contributed by atoms with Gasteiger partial charge < -0.3 is 9.64 Å². The molecule has 0 fully saturated rings. The van der Waals surface area contributed by atoms with E-state index in [2.05, 4.69) is 11.9 Å². The molecular weight excluding hydrogens is 324 g/mol. The number of carbonyl (C=O) groups excluding carboxylic acids is 1. The van der Waals surface area contributed by atoms with Gasteiger partial charge in [-0.1, -0.05) is 29.8 Å². The summed E-state index contributed by atoms with van der Waals surface area (Å²) in [7, 11) is 1.98. The molecule has 0 heterocycles. The lowest BCUT2D eigenvalue weighted by molar-refractivity contribution is 0.0337. The first-order chi connectivity index (χ1) is 12.3. The smallest absolute Gasteiger partial charge is 0.339 e. The molecule has 0 unspecified atom stereocenters. The zero-order valence-corrected chi connectivity index (χ0v) is 16.5. The third kappa shape index (κ3) is 4.94. The topological polar surface area (TPSA) is 41.9 Å². The first kappa shape index (κ1) is 19.7. The first-order valence-corrected chi connectivity index (χ1v) is 8.95. The molecule has 2 rings (SSSR count). The number of ether oxygens (including phenoxy) is 1. The molecule has 0 aliphatic rings. The summed E-state index contributed by atoms with van der Waals surface area (Å²) in [5.41, 5.74) is 5.44. The molecule has 0 saturated heterocycles. The average Bonchev–Trinajstić information content (AvgIpc) is 2.62. The van der Waals surface area contributed by atoms with Crippen molar-refractivity contribution in [2.24, 2.45) is 4.99 Å². The number of nitrogens with zero attached hydrogens (tertiary/aromatic N) is 2. The molecule has 0 radical (unpaired) electrons. The van der Waals surface area contributed by atoms with Crippen molar-refractivity contribution < 1.29 is 9.53 Å². The van der Waals surface area contributed by atoms with Crippen molar-refractivity contribution in [1.82, 2.24) is 4.90 Å². The Morgan fingerprint density at radius 3 is 2.42 bits per heavy atom. The normalized spacial score (nSPS) is 12.2. The van der Waals surface area contributed by atoms with E-state index in [-0.39, 0.29) is 12.1 Å². The molecule has 26 heavy (non-hydrogen) atoms. The second-order valence-corrected chi connectivity index (χ2v) is 6.73. The van der Waals surface area contributed by atoms with E-state index in [9.17, 15) is 4.79 Å². The summed E-state index contributed by atoms with van der Waals surface area (Å²) in [6.07, 6.45) is 1.51. The predicted octanol–water partition coefficient (Wildman–Crippen LogP) is 5.14.